The molecule has 0 aliphatic heterocycles. The van der Waals surface area contributed by atoms with Crippen LogP contribution in [0.15, 0.2) is 58.4 Å². The molecule has 39 heavy (non-hydrogen) atoms. The average Bonchev–Trinajstić information content (AvgIpc) is 2.88. The minimum atomic E-state index is -3.59. The van der Waals surface area contributed by atoms with Gasteiger partial charge in [-0.25, -0.2) is 13.4 Å². The standard InChI is InChI=1S/C27H35N7O4S/c1-4-5-10-39(37,38)22-12-20(11-21(28)13-22)23-15-32-26(33-17(2)3)27(36)34(23)16-24(35)31-14-18-6-8-19(9-7-18)25(29)30/h6-9,11-13,15,17H,4-5,10,14,16,28H2,1-3H3,(H3,29,30)(H,31,35)(H,32,33). The van der Waals surface area contributed by atoms with Crippen molar-refractivity contribution in [1.82, 2.24) is 14.9 Å². The van der Waals surface area contributed by atoms with Crippen molar-refractivity contribution in [1.29, 1.82) is 5.41 Å². The number of aromatic nitrogens is 2. The number of hydrogen-bond donors (Lipinski definition) is 5. The third-order valence-corrected chi connectivity index (χ3v) is 7.67. The van der Waals surface area contributed by atoms with E-state index < -0.39 is 21.3 Å². The minimum Gasteiger partial charge on any atom is -0.399 e. The van der Waals surface area contributed by atoms with Gasteiger partial charge >= 0.3 is 0 Å². The van der Waals surface area contributed by atoms with Crippen molar-refractivity contribution >= 4 is 33.1 Å². The quantitative estimate of drug-likeness (QED) is 0.129. The lowest BCUT2D eigenvalue weighted by Gasteiger charge is -2.17. The van der Waals surface area contributed by atoms with Crippen molar-refractivity contribution in [3.05, 3.63) is 70.1 Å². The summed E-state index contributed by atoms with van der Waals surface area (Å²) < 4.78 is 27.0. The van der Waals surface area contributed by atoms with Crippen molar-refractivity contribution in [3.8, 4) is 11.3 Å². The summed E-state index contributed by atoms with van der Waals surface area (Å²) in [5, 5.41) is 13.3. The van der Waals surface area contributed by atoms with Gasteiger partial charge in [0.15, 0.2) is 15.7 Å². The van der Waals surface area contributed by atoms with Gasteiger partial charge < -0.3 is 22.1 Å². The lowest BCUT2D eigenvalue weighted by atomic mass is 10.1. The number of carbonyl (C=O) groups excluding carboxylic acids is 1. The predicted octanol–water partition coefficient (Wildman–Crippen LogP) is 2.49. The topological polar surface area (TPSA) is 186 Å². The van der Waals surface area contributed by atoms with Crippen molar-refractivity contribution in [3.63, 3.8) is 0 Å². The maximum atomic E-state index is 13.4. The first-order valence-electron chi connectivity index (χ1n) is 12.6. The Hall–Kier alpha value is -4.19. The van der Waals surface area contributed by atoms with Gasteiger partial charge in [-0.05, 0) is 44.0 Å². The highest BCUT2D eigenvalue weighted by Gasteiger charge is 2.20. The Morgan fingerprint density at radius 3 is 2.46 bits per heavy atom. The Bertz CT molecular complexity index is 1510. The molecule has 1 heterocycles. The molecule has 2 aromatic carbocycles. The number of unbranched alkanes of at least 4 members (excludes halogenated alkanes) is 1. The second-order valence-electron chi connectivity index (χ2n) is 9.53. The molecule has 0 atom stereocenters. The summed E-state index contributed by atoms with van der Waals surface area (Å²) in [4.78, 5) is 30.7. The van der Waals surface area contributed by atoms with Gasteiger partial charge in [-0.15, -0.1) is 0 Å². The fourth-order valence-corrected chi connectivity index (χ4v) is 5.38. The van der Waals surface area contributed by atoms with Gasteiger partial charge in [0.05, 0.1) is 22.5 Å². The second kappa shape index (κ2) is 12.6. The number of amidine groups is 1. The highest BCUT2D eigenvalue weighted by Crippen LogP contribution is 2.26. The van der Waals surface area contributed by atoms with E-state index in [0.29, 0.717) is 17.5 Å². The molecular formula is C27H35N7O4S. The molecule has 12 heteroatoms. The minimum absolute atomic E-state index is 0.0233. The van der Waals surface area contributed by atoms with E-state index in [9.17, 15) is 18.0 Å². The molecular weight excluding hydrogens is 518 g/mol. The van der Waals surface area contributed by atoms with Crippen LogP contribution >= 0.6 is 0 Å². The maximum absolute atomic E-state index is 13.4. The second-order valence-corrected chi connectivity index (χ2v) is 11.6. The highest BCUT2D eigenvalue weighted by molar-refractivity contribution is 7.91. The molecule has 11 nitrogen and oxygen atoms in total. The Labute approximate surface area is 228 Å². The first kappa shape index (κ1) is 29.4. The molecule has 3 aromatic rings. The van der Waals surface area contributed by atoms with Crippen LogP contribution in [0.25, 0.3) is 11.3 Å². The van der Waals surface area contributed by atoms with E-state index in [1.54, 1.807) is 30.3 Å². The number of nitrogens with one attached hydrogen (secondary N) is 3. The fourth-order valence-electron chi connectivity index (χ4n) is 3.85. The van der Waals surface area contributed by atoms with Crippen LogP contribution in [0, 0.1) is 5.41 Å². The van der Waals surface area contributed by atoms with Crippen LogP contribution in [0.2, 0.25) is 0 Å². The van der Waals surface area contributed by atoms with Crippen LogP contribution in [-0.2, 0) is 27.7 Å². The van der Waals surface area contributed by atoms with Crippen molar-refractivity contribution < 1.29 is 13.2 Å². The molecule has 0 radical (unpaired) electrons. The Morgan fingerprint density at radius 2 is 1.85 bits per heavy atom. The number of sulfone groups is 1. The summed E-state index contributed by atoms with van der Waals surface area (Å²) in [6.07, 6.45) is 2.65. The largest absolute Gasteiger partial charge is 0.399 e. The predicted molar refractivity (Wildman–Crippen MR) is 153 cm³/mol. The van der Waals surface area contributed by atoms with Crippen LogP contribution in [-0.4, -0.2) is 41.5 Å². The van der Waals surface area contributed by atoms with Gasteiger partial charge in [0.25, 0.3) is 5.56 Å². The number of carbonyl (C=O) groups is 1. The Morgan fingerprint density at radius 1 is 1.15 bits per heavy atom. The van der Waals surface area contributed by atoms with Gasteiger partial charge in [0.1, 0.15) is 12.4 Å². The van der Waals surface area contributed by atoms with E-state index in [4.69, 9.17) is 16.9 Å². The lowest BCUT2D eigenvalue weighted by Crippen LogP contribution is -2.35. The lowest BCUT2D eigenvalue weighted by molar-refractivity contribution is -0.121. The van der Waals surface area contributed by atoms with Gasteiger partial charge in [-0.2, -0.15) is 0 Å². The molecule has 0 fully saturated rings. The van der Waals surface area contributed by atoms with E-state index in [2.05, 4.69) is 15.6 Å². The molecule has 0 spiro atoms. The number of amides is 1. The number of rotatable bonds is 12. The van der Waals surface area contributed by atoms with Crippen LogP contribution in [0.3, 0.4) is 0 Å². The number of nitrogens with zero attached hydrogens (tertiary/aromatic N) is 2. The number of anilines is 2. The van der Waals surface area contributed by atoms with Crippen molar-refractivity contribution in [2.24, 2.45) is 5.73 Å². The molecule has 0 aliphatic carbocycles. The number of hydrogen-bond acceptors (Lipinski definition) is 8. The SMILES string of the molecule is CCCCS(=O)(=O)c1cc(N)cc(-c2cnc(NC(C)C)c(=O)n2CC(=O)NCc2ccc(C(=N)N)cc2)c1. The fraction of sp³-hybridized carbons (Fsp3) is 0.333. The molecule has 1 amide bonds. The zero-order valence-electron chi connectivity index (χ0n) is 22.3. The molecule has 1 aromatic heterocycles. The summed E-state index contributed by atoms with van der Waals surface area (Å²) in [5.41, 5.74) is 13.2. The van der Waals surface area contributed by atoms with Gasteiger partial charge in [-0.3, -0.25) is 19.6 Å². The van der Waals surface area contributed by atoms with Crippen molar-refractivity contribution in [2.45, 2.75) is 57.6 Å². The van der Waals surface area contributed by atoms with Crippen LogP contribution in [0.1, 0.15) is 44.7 Å². The van der Waals surface area contributed by atoms with Gasteiger partial charge in [0.2, 0.25) is 5.91 Å². The van der Waals surface area contributed by atoms with E-state index >= 15 is 0 Å². The summed E-state index contributed by atoms with van der Waals surface area (Å²) in [6, 6.07) is 11.2. The van der Waals surface area contributed by atoms with E-state index in [1.807, 2.05) is 20.8 Å². The average molecular weight is 554 g/mol. The monoisotopic (exact) mass is 553 g/mol. The van der Waals surface area contributed by atoms with E-state index in [0.717, 1.165) is 12.0 Å². The van der Waals surface area contributed by atoms with E-state index in [1.165, 1.54) is 22.9 Å². The molecule has 0 aliphatic rings. The van der Waals surface area contributed by atoms with Crippen LogP contribution in [0.5, 0.6) is 0 Å². The number of nitrogens with two attached hydrogens (primary N) is 2. The van der Waals surface area contributed by atoms with Gasteiger partial charge in [0, 0.05) is 29.4 Å². The first-order valence-corrected chi connectivity index (χ1v) is 14.3. The summed E-state index contributed by atoms with van der Waals surface area (Å²) in [5.74, 6) is -0.440. The molecule has 0 unspecified atom stereocenters. The highest BCUT2D eigenvalue weighted by atomic mass is 32.2. The molecule has 7 N–H and O–H groups in total. The normalized spacial score (nSPS) is 11.4. The summed E-state index contributed by atoms with van der Waals surface area (Å²) in [7, 11) is -3.59. The van der Waals surface area contributed by atoms with Gasteiger partial charge in [-0.1, -0.05) is 37.6 Å². The number of nitrogen functional groups attached to an aromatic ring is 2. The molecule has 0 saturated heterocycles. The van der Waals surface area contributed by atoms with Crippen LogP contribution < -0.4 is 27.7 Å². The first-order chi connectivity index (χ1) is 18.4. The molecule has 208 valence electrons. The number of benzene rings is 2. The Kier molecular flexibility index (Phi) is 9.47. The summed E-state index contributed by atoms with van der Waals surface area (Å²) in [6.45, 7) is 5.48. The zero-order chi connectivity index (χ0) is 28.7. The molecule has 3 rings (SSSR count). The smallest absolute Gasteiger partial charge is 0.294 e. The maximum Gasteiger partial charge on any atom is 0.294 e. The molecule has 0 saturated carbocycles. The summed E-state index contributed by atoms with van der Waals surface area (Å²) >= 11 is 0. The third-order valence-electron chi connectivity index (χ3n) is 5.89. The Balaban J connectivity index is 1.97. The van der Waals surface area contributed by atoms with Crippen LogP contribution in [0.4, 0.5) is 11.5 Å². The molecule has 0 bridgehead atoms. The van der Waals surface area contributed by atoms with Crippen molar-refractivity contribution in [2.75, 3.05) is 16.8 Å². The zero-order valence-corrected chi connectivity index (χ0v) is 23.1. The third kappa shape index (κ3) is 7.66. The van der Waals surface area contributed by atoms with E-state index in [-0.39, 0.29) is 52.8 Å².